The van der Waals surface area contributed by atoms with Gasteiger partial charge < -0.3 is 10.4 Å². The minimum atomic E-state index is 0.130. The molecule has 2 aliphatic rings. The summed E-state index contributed by atoms with van der Waals surface area (Å²) < 4.78 is 0. The van der Waals surface area contributed by atoms with Crippen LogP contribution in [0.5, 0.6) is 5.75 Å². The molecule has 1 aliphatic heterocycles. The summed E-state index contributed by atoms with van der Waals surface area (Å²) >= 11 is 0. The first-order chi connectivity index (χ1) is 12.6. The third-order valence-corrected chi connectivity index (χ3v) is 5.27. The quantitative estimate of drug-likeness (QED) is 0.831. The molecule has 1 saturated heterocycles. The summed E-state index contributed by atoms with van der Waals surface area (Å²) in [6.07, 6.45) is 10.5. The van der Waals surface area contributed by atoms with Gasteiger partial charge in [0.05, 0.1) is 5.69 Å². The smallest absolute Gasteiger partial charge is 0.149 e. The second kappa shape index (κ2) is 6.97. The molecule has 26 heavy (non-hydrogen) atoms. The average Bonchev–Trinajstić information content (AvgIpc) is 3.48. The zero-order chi connectivity index (χ0) is 18.1. The molecule has 2 N–H and O–H groups in total. The van der Waals surface area contributed by atoms with E-state index in [0.717, 1.165) is 24.0 Å². The molecule has 1 aromatic carbocycles. The van der Waals surface area contributed by atoms with Gasteiger partial charge in [0, 0.05) is 29.8 Å². The fraction of sp³-hybridized carbons (Fsp3) is 0.429. The molecule has 5 heteroatoms. The first kappa shape index (κ1) is 16.9. The van der Waals surface area contributed by atoms with Gasteiger partial charge in [0.15, 0.2) is 0 Å². The van der Waals surface area contributed by atoms with Gasteiger partial charge in [0.2, 0.25) is 0 Å². The summed E-state index contributed by atoms with van der Waals surface area (Å²) in [6.45, 7) is 4.29. The second-order valence-electron chi connectivity index (χ2n) is 7.35. The van der Waals surface area contributed by atoms with Crippen molar-refractivity contribution in [1.29, 1.82) is 0 Å². The van der Waals surface area contributed by atoms with E-state index < -0.39 is 0 Å². The van der Waals surface area contributed by atoms with Gasteiger partial charge in [-0.15, -0.1) is 16.6 Å². The van der Waals surface area contributed by atoms with Crippen LogP contribution in [0, 0.1) is 19.3 Å². The SMILES string of the molecule is C#Cc1ccc(-c2nnc(N[C@@H]3CCCN(C4CC4)C3)cc2C)c(O)c1. The molecule has 0 radical (unpaired) electrons. The number of hydrogen-bond donors (Lipinski definition) is 2. The van der Waals surface area contributed by atoms with Crippen LogP contribution in [0.25, 0.3) is 11.3 Å². The monoisotopic (exact) mass is 348 g/mol. The standard InChI is InChI=1S/C21H24N4O/c1-3-15-6-9-18(19(26)12-15)21-14(2)11-20(23-24-21)22-16-5-4-10-25(13-16)17-7-8-17/h1,6,9,11-12,16-17,26H,4-5,7-8,10,13H2,2H3,(H,22,23)/t16-/m1/s1. The lowest BCUT2D eigenvalue weighted by Crippen LogP contribution is -2.43. The van der Waals surface area contributed by atoms with Crippen molar-refractivity contribution in [2.45, 2.75) is 44.7 Å². The van der Waals surface area contributed by atoms with E-state index in [2.05, 4.69) is 26.3 Å². The van der Waals surface area contributed by atoms with Crippen molar-refractivity contribution in [2.75, 3.05) is 18.4 Å². The molecule has 2 fully saturated rings. The van der Waals surface area contributed by atoms with Gasteiger partial charge in [-0.05, 0) is 69.0 Å². The van der Waals surface area contributed by atoms with Gasteiger partial charge in [0.25, 0.3) is 0 Å². The maximum atomic E-state index is 10.2. The Labute approximate surface area is 154 Å². The molecule has 1 saturated carbocycles. The van der Waals surface area contributed by atoms with Crippen molar-refractivity contribution < 1.29 is 5.11 Å². The average molecular weight is 348 g/mol. The highest BCUT2D eigenvalue weighted by Gasteiger charge is 2.32. The maximum Gasteiger partial charge on any atom is 0.149 e. The molecule has 1 atom stereocenters. The lowest BCUT2D eigenvalue weighted by atomic mass is 10.0. The van der Waals surface area contributed by atoms with Gasteiger partial charge in [-0.1, -0.05) is 5.92 Å². The lowest BCUT2D eigenvalue weighted by molar-refractivity contribution is 0.207. The highest BCUT2D eigenvalue weighted by Crippen LogP contribution is 2.32. The Morgan fingerprint density at radius 3 is 2.77 bits per heavy atom. The number of aromatic nitrogens is 2. The van der Waals surface area contributed by atoms with E-state index >= 15 is 0 Å². The van der Waals surface area contributed by atoms with Crippen LogP contribution >= 0.6 is 0 Å². The van der Waals surface area contributed by atoms with Crippen LogP contribution in [-0.4, -0.2) is 45.4 Å². The fourth-order valence-electron chi connectivity index (χ4n) is 3.75. The van der Waals surface area contributed by atoms with E-state index in [9.17, 15) is 5.11 Å². The van der Waals surface area contributed by atoms with Crippen molar-refractivity contribution in [2.24, 2.45) is 0 Å². The van der Waals surface area contributed by atoms with Crippen molar-refractivity contribution in [3.63, 3.8) is 0 Å². The van der Waals surface area contributed by atoms with Crippen molar-refractivity contribution >= 4 is 5.82 Å². The first-order valence-corrected chi connectivity index (χ1v) is 9.29. The predicted molar refractivity (Wildman–Crippen MR) is 103 cm³/mol. The lowest BCUT2D eigenvalue weighted by Gasteiger charge is -2.33. The van der Waals surface area contributed by atoms with E-state index in [0.29, 0.717) is 22.9 Å². The van der Waals surface area contributed by atoms with E-state index in [4.69, 9.17) is 6.42 Å². The second-order valence-corrected chi connectivity index (χ2v) is 7.35. The van der Waals surface area contributed by atoms with Gasteiger partial charge >= 0.3 is 0 Å². The fourth-order valence-corrected chi connectivity index (χ4v) is 3.75. The summed E-state index contributed by atoms with van der Waals surface area (Å²) in [7, 11) is 0. The molecular weight excluding hydrogens is 324 g/mol. The number of aryl methyl sites for hydroxylation is 1. The van der Waals surface area contributed by atoms with Gasteiger partial charge in [0.1, 0.15) is 11.6 Å². The highest BCUT2D eigenvalue weighted by atomic mass is 16.3. The minimum Gasteiger partial charge on any atom is -0.507 e. The Balaban J connectivity index is 1.50. The molecule has 1 aromatic heterocycles. The van der Waals surface area contributed by atoms with Crippen LogP contribution in [0.15, 0.2) is 24.3 Å². The summed E-state index contributed by atoms with van der Waals surface area (Å²) in [5.41, 5.74) is 2.95. The number of rotatable bonds is 4. The zero-order valence-electron chi connectivity index (χ0n) is 15.1. The van der Waals surface area contributed by atoms with Gasteiger partial charge in [-0.2, -0.15) is 0 Å². The molecule has 4 rings (SSSR count). The summed E-state index contributed by atoms with van der Waals surface area (Å²) in [5, 5.41) is 22.5. The largest absolute Gasteiger partial charge is 0.507 e. The Morgan fingerprint density at radius 2 is 2.08 bits per heavy atom. The number of hydrogen-bond acceptors (Lipinski definition) is 5. The number of phenolic OH excluding ortho intramolecular Hbond substituents is 1. The highest BCUT2D eigenvalue weighted by molar-refractivity contribution is 5.71. The van der Waals surface area contributed by atoms with Crippen molar-refractivity contribution in [3.05, 3.63) is 35.4 Å². The third-order valence-electron chi connectivity index (χ3n) is 5.27. The minimum absolute atomic E-state index is 0.130. The van der Waals surface area contributed by atoms with Gasteiger partial charge in [-0.3, -0.25) is 4.90 Å². The molecule has 134 valence electrons. The third kappa shape index (κ3) is 3.51. The molecular formula is C21H24N4O. The molecule has 2 heterocycles. The van der Waals surface area contributed by atoms with Crippen LogP contribution in [0.3, 0.4) is 0 Å². The molecule has 2 aromatic rings. The van der Waals surface area contributed by atoms with Crippen LogP contribution in [0.2, 0.25) is 0 Å². The molecule has 5 nitrogen and oxygen atoms in total. The van der Waals surface area contributed by atoms with E-state index in [1.807, 2.05) is 13.0 Å². The number of nitrogens with zero attached hydrogens (tertiary/aromatic N) is 3. The van der Waals surface area contributed by atoms with E-state index in [1.165, 1.54) is 32.2 Å². The van der Waals surface area contributed by atoms with E-state index in [-0.39, 0.29) is 5.75 Å². The number of piperidine rings is 1. The number of anilines is 1. The molecule has 0 amide bonds. The normalized spacial score (nSPS) is 20.5. The topological polar surface area (TPSA) is 61.3 Å². The van der Waals surface area contributed by atoms with Gasteiger partial charge in [-0.25, -0.2) is 0 Å². The number of aromatic hydroxyl groups is 1. The van der Waals surface area contributed by atoms with Crippen molar-refractivity contribution in [3.8, 4) is 29.4 Å². The maximum absolute atomic E-state index is 10.2. The summed E-state index contributed by atoms with van der Waals surface area (Å²) in [6, 6.07) is 8.42. The summed E-state index contributed by atoms with van der Waals surface area (Å²) in [5.74, 6) is 3.45. The Hall–Kier alpha value is -2.58. The number of nitrogens with one attached hydrogen (secondary N) is 1. The Morgan fingerprint density at radius 1 is 1.23 bits per heavy atom. The number of terminal acetylenes is 1. The molecule has 0 bridgehead atoms. The predicted octanol–water partition coefficient (Wildman–Crippen LogP) is 3.18. The first-order valence-electron chi connectivity index (χ1n) is 9.29. The van der Waals surface area contributed by atoms with Crippen molar-refractivity contribution in [1.82, 2.24) is 15.1 Å². The summed E-state index contributed by atoms with van der Waals surface area (Å²) in [4.78, 5) is 2.60. The molecule has 0 spiro atoms. The number of likely N-dealkylation sites (tertiary alicyclic amines) is 1. The number of benzene rings is 1. The number of phenols is 1. The van der Waals surface area contributed by atoms with E-state index in [1.54, 1.807) is 18.2 Å². The molecule has 0 unspecified atom stereocenters. The zero-order valence-corrected chi connectivity index (χ0v) is 15.1. The molecule has 1 aliphatic carbocycles. The van der Waals surface area contributed by atoms with Crippen LogP contribution < -0.4 is 5.32 Å². The van der Waals surface area contributed by atoms with Crippen LogP contribution in [0.4, 0.5) is 5.82 Å². The Bertz CT molecular complexity index is 854. The van der Waals surface area contributed by atoms with Crippen LogP contribution in [0.1, 0.15) is 36.8 Å². The van der Waals surface area contributed by atoms with Crippen LogP contribution in [-0.2, 0) is 0 Å². The Kier molecular flexibility index (Phi) is 4.52.